The third-order valence-corrected chi connectivity index (χ3v) is 1.56. The van der Waals surface area contributed by atoms with Gasteiger partial charge in [0.15, 0.2) is 5.78 Å². The quantitative estimate of drug-likeness (QED) is 0.456. The molecule has 1 nitrogen and oxygen atoms in total. The van der Waals surface area contributed by atoms with E-state index in [0.29, 0.717) is 5.56 Å². The van der Waals surface area contributed by atoms with Crippen LogP contribution in [0, 0.1) is 6.92 Å². The molecule has 1 aromatic rings. The molecule has 0 spiro atoms. The number of Topliss-reactive ketones (excluding diaryl/α,β-unsaturated/α-hetero) is 1. The number of aryl methyl sites for hydroxylation is 1. The number of hydrogen-bond donors (Lipinski definition) is 0. The fraction of sp³-hybridized carbons (Fsp3) is 0.222. The van der Waals surface area contributed by atoms with Crippen LogP contribution < -0.4 is 0 Å². The highest BCUT2D eigenvalue weighted by Gasteiger charge is 1.99. The number of carbonyl (C=O) groups is 1. The fourth-order valence-electron chi connectivity index (χ4n) is 0.857. The standard InChI is InChI=1S/C9H9BO/c1-7-2-4-8(5-3-7)9(11)6-10/h2-5H,6H2,1H3. The Kier molecular flexibility index (Phi) is 2.47. The fourth-order valence-corrected chi connectivity index (χ4v) is 0.857. The third-order valence-electron chi connectivity index (χ3n) is 1.56. The Morgan fingerprint density at radius 1 is 1.36 bits per heavy atom. The second-order valence-corrected chi connectivity index (χ2v) is 2.49. The summed E-state index contributed by atoms with van der Waals surface area (Å²) in [6.07, 6.45) is 0.0864. The van der Waals surface area contributed by atoms with Crippen molar-refractivity contribution in [2.45, 2.75) is 13.2 Å². The van der Waals surface area contributed by atoms with Gasteiger partial charge in [-0.25, -0.2) is 0 Å². The van der Waals surface area contributed by atoms with Crippen LogP contribution >= 0.6 is 0 Å². The van der Waals surface area contributed by atoms with Gasteiger partial charge in [-0.3, -0.25) is 4.79 Å². The average molecular weight is 144 g/mol. The highest BCUT2D eigenvalue weighted by atomic mass is 16.1. The first-order valence-electron chi connectivity index (χ1n) is 3.54. The minimum Gasteiger partial charge on any atom is -0.295 e. The van der Waals surface area contributed by atoms with Crippen LogP contribution in [-0.4, -0.2) is 13.6 Å². The van der Waals surface area contributed by atoms with Crippen LogP contribution in [0.5, 0.6) is 0 Å². The van der Waals surface area contributed by atoms with Gasteiger partial charge in [0.05, 0.1) is 7.85 Å². The topological polar surface area (TPSA) is 17.1 Å². The first kappa shape index (κ1) is 8.06. The van der Waals surface area contributed by atoms with Gasteiger partial charge >= 0.3 is 0 Å². The van der Waals surface area contributed by atoms with Crippen LogP contribution in [0.3, 0.4) is 0 Å². The van der Waals surface area contributed by atoms with Gasteiger partial charge in [0.25, 0.3) is 0 Å². The second kappa shape index (κ2) is 3.38. The third kappa shape index (κ3) is 1.94. The van der Waals surface area contributed by atoms with Crippen LogP contribution in [0.1, 0.15) is 15.9 Å². The van der Waals surface area contributed by atoms with Crippen molar-refractivity contribution >= 4 is 13.6 Å². The van der Waals surface area contributed by atoms with E-state index in [4.69, 9.17) is 7.85 Å². The van der Waals surface area contributed by atoms with Gasteiger partial charge in [0.2, 0.25) is 0 Å². The zero-order valence-electron chi connectivity index (χ0n) is 6.50. The molecule has 54 valence electrons. The molecule has 0 atom stereocenters. The molecule has 1 rings (SSSR count). The minimum absolute atomic E-state index is 0.00926. The van der Waals surface area contributed by atoms with Crippen molar-refractivity contribution in [2.75, 3.05) is 0 Å². The van der Waals surface area contributed by atoms with Gasteiger partial charge in [-0.15, -0.1) is 0 Å². The summed E-state index contributed by atoms with van der Waals surface area (Å²) in [6.45, 7) is 1.98. The lowest BCUT2D eigenvalue weighted by Crippen LogP contribution is -1.96. The zero-order chi connectivity index (χ0) is 8.27. The van der Waals surface area contributed by atoms with E-state index in [-0.39, 0.29) is 12.1 Å². The highest BCUT2D eigenvalue weighted by Crippen LogP contribution is 2.04. The molecule has 2 radical (unpaired) electrons. The van der Waals surface area contributed by atoms with E-state index in [1.807, 2.05) is 19.1 Å². The zero-order valence-corrected chi connectivity index (χ0v) is 6.50. The van der Waals surface area contributed by atoms with Crippen LogP contribution in [0.15, 0.2) is 24.3 Å². The normalized spacial score (nSPS) is 9.55. The van der Waals surface area contributed by atoms with Gasteiger partial charge in [-0.1, -0.05) is 29.8 Å². The maximum atomic E-state index is 11.0. The van der Waals surface area contributed by atoms with E-state index in [9.17, 15) is 4.79 Å². The Morgan fingerprint density at radius 2 is 1.91 bits per heavy atom. The van der Waals surface area contributed by atoms with E-state index in [2.05, 4.69) is 0 Å². The molecular weight excluding hydrogens is 135 g/mol. The van der Waals surface area contributed by atoms with Gasteiger partial charge in [0, 0.05) is 5.56 Å². The number of rotatable bonds is 2. The van der Waals surface area contributed by atoms with E-state index in [1.54, 1.807) is 12.1 Å². The van der Waals surface area contributed by atoms with Crippen molar-refractivity contribution in [3.8, 4) is 0 Å². The predicted octanol–water partition coefficient (Wildman–Crippen LogP) is 1.76. The lowest BCUT2D eigenvalue weighted by atomic mass is 9.95. The number of carbonyl (C=O) groups excluding carboxylic acids is 1. The number of hydrogen-bond acceptors (Lipinski definition) is 1. The number of benzene rings is 1. The average Bonchev–Trinajstić information content (AvgIpc) is 2.05. The number of ketones is 1. The summed E-state index contributed by atoms with van der Waals surface area (Å²) in [4.78, 5) is 11.0. The lowest BCUT2D eigenvalue weighted by Gasteiger charge is -1.96. The van der Waals surface area contributed by atoms with Crippen LogP contribution in [0.2, 0.25) is 6.32 Å². The molecule has 11 heavy (non-hydrogen) atoms. The molecule has 0 saturated heterocycles. The molecule has 0 fully saturated rings. The first-order valence-corrected chi connectivity index (χ1v) is 3.54. The summed E-state index contributed by atoms with van der Waals surface area (Å²) in [7, 11) is 5.19. The SMILES string of the molecule is [B]CC(=O)c1ccc(C)cc1. The van der Waals surface area contributed by atoms with Gasteiger partial charge in [-0.05, 0) is 13.2 Å². The minimum atomic E-state index is -0.00926. The van der Waals surface area contributed by atoms with E-state index >= 15 is 0 Å². The summed E-state index contributed by atoms with van der Waals surface area (Å²) in [5, 5.41) is 0. The second-order valence-electron chi connectivity index (χ2n) is 2.49. The van der Waals surface area contributed by atoms with E-state index in [0.717, 1.165) is 5.56 Å². The molecule has 0 aliphatic rings. The van der Waals surface area contributed by atoms with E-state index < -0.39 is 0 Å². The van der Waals surface area contributed by atoms with E-state index in [1.165, 1.54) is 0 Å². The molecular formula is C9H9BO. The first-order chi connectivity index (χ1) is 5.24. The van der Waals surface area contributed by atoms with Crippen molar-refractivity contribution in [3.05, 3.63) is 35.4 Å². The summed E-state index contributed by atoms with van der Waals surface area (Å²) in [5.74, 6) is -0.00926. The summed E-state index contributed by atoms with van der Waals surface area (Å²) >= 11 is 0. The molecule has 0 N–H and O–H groups in total. The molecule has 0 aliphatic carbocycles. The Balaban J connectivity index is 2.90. The molecule has 0 aliphatic heterocycles. The predicted molar refractivity (Wildman–Crippen MR) is 46.1 cm³/mol. The highest BCUT2D eigenvalue weighted by molar-refractivity contribution is 6.23. The molecule has 0 bridgehead atoms. The van der Waals surface area contributed by atoms with Crippen molar-refractivity contribution in [2.24, 2.45) is 0 Å². The molecule has 0 saturated carbocycles. The molecule has 1 aromatic carbocycles. The molecule has 0 aromatic heterocycles. The summed E-state index contributed by atoms with van der Waals surface area (Å²) in [6, 6.07) is 7.40. The smallest absolute Gasteiger partial charge is 0.154 e. The van der Waals surface area contributed by atoms with Crippen LogP contribution in [0.25, 0.3) is 0 Å². The van der Waals surface area contributed by atoms with Crippen molar-refractivity contribution in [1.82, 2.24) is 0 Å². The van der Waals surface area contributed by atoms with Gasteiger partial charge < -0.3 is 0 Å². The summed E-state index contributed by atoms with van der Waals surface area (Å²) < 4.78 is 0. The Hall–Kier alpha value is -1.05. The van der Waals surface area contributed by atoms with Crippen molar-refractivity contribution in [1.29, 1.82) is 0 Å². The maximum Gasteiger partial charge on any atom is 0.154 e. The van der Waals surface area contributed by atoms with Gasteiger partial charge in [-0.2, -0.15) is 0 Å². The Morgan fingerprint density at radius 3 is 2.36 bits per heavy atom. The molecule has 0 unspecified atom stereocenters. The van der Waals surface area contributed by atoms with Crippen molar-refractivity contribution in [3.63, 3.8) is 0 Å². The Bertz CT molecular complexity index is 251. The van der Waals surface area contributed by atoms with Crippen LogP contribution in [-0.2, 0) is 0 Å². The molecule has 0 amide bonds. The monoisotopic (exact) mass is 144 g/mol. The van der Waals surface area contributed by atoms with Crippen LogP contribution in [0.4, 0.5) is 0 Å². The molecule has 0 heterocycles. The molecule has 2 heteroatoms. The largest absolute Gasteiger partial charge is 0.295 e. The Labute approximate surface area is 67.8 Å². The summed E-state index contributed by atoms with van der Waals surface area (Å²) in [5.41, 5.74) is 1.84. The lowest BCUT2D eigenvalue weighted by molar-refractivity contribution is 0.101. The van der Waals surface area contributed by atoms with Crippen molar-refractivity contribution < 1.29 is 4.79 Å². The maximum absolute atomic E-state index is 11.0. The van der Waals surface area contributed by atoms with Gasteiger partial charge in [0.1, 0.15) is 0 Å².